The van der Waals surface area contributed by atoms with Gasteiger partial charge in [0, 0.05) is 15.1 Å². The summed E-state index contributed by atoms with van der Waals surface area (Å²) in [6.07, 6.45) is 1.24. The molecule has 0 aliphatic heterocycles. The van der Waals surface area contributed by atoms with Crippen LogP contribution in [-0.4, -0.2) is 30.6 Å². The van der Waals surface area contributed by atoms with Crippen LogP contribution >= 0.6 is 39.1 Å². The quantitative estimate of drug-likeness (QED) is 0.127. The van der Waals surface area contributed by atoms with Gasteiger partial charge in [0.15, 0.2) is 0 Å². The highest BCUT2D eigenvalue weighted by Crippen LogP contribution is 2.25. The Balaban J connectivity index is 1.66. The van der Waals surface area contributed by atoms with Gasteiger partial charge in [0.2, 0.25) is 0 Å². The number of carbonyl (C=O) groups is 3. The van der Waals surface area contributed by atoms with Crippen LogP contribution in [0.5, 0.6) is 11.5 Å². The van der Waals surface area contributed by atoms with Crippen molar-refractivity contribution in [3.8, 4) is 11.5 Å². The lowest BCUT2D eigenvalue weighted by atomic mass is 10.2. The van der Waals surface area contributed by atoms with Crippen LogP contribution in [-0.2, 0) is 9.59 Å². The molecule has 3 rings (SSSR count). The van der Waals surface area contributed by atoms with E-state index >= 15 is 0 Å². The molecule has 0 aliphatic carbocycles. The smallest absolute Gasteiger partial charge is 0.343 e. The summed E-state index contributed by atoms with van der Waals surface area (Å²) >= 11 is 15.2. The molecule has 2 amide bonds. The summed E-state index contributed by atoms with van der Waals surface area (Å²) in [5, 5.41) is 6.69. The molecule has 8 nitrogen and oxygen atoms in total. The van der Waals surface area contributed by atoms with Crippen LogP contribution in [0.25, 0.3) is 0 Å². The fraction of sp³-hybridized carbons (Fsp3) is 0.0833. The maximum atomic E-state index is 12.6. The monoisotopic (exact) mass is 577 g/mol. The van der Waals surface area contributed by atoms with Crippen molar-refractivity contribution in [2.45, 2.75) is 6.92 Å². The van der Waals surface area contributed by atoms with Crippen LogP contribution in [0.1, 0.15) is 22.8 Å². The van der Waals surface area contributed by atoms with Crippen LogP contribution in [0.2, 0.25) is 10.0 Å². The number of amides is 2. The fourth-order valence-electron chi connectivity index (χ4n) is 2.71. The minimum Gasteiger partial charge on any atom is -0.494 e. The molecule has 3 aromatic carbocycles. The molecule has 0 heterocycles. The number of rotatable bonds is 7. The standard InChI is InChI=1S/C24H18BrCl2N3O5/c1-2-34-18-7-3-14(4-8-18)24(33)35-21-10-5-16(25)11-15(21)13-28-30-23(32)22(31)29-20-12-17(26)6-9-19(20)27/h3-13H,2H2,1H3,(H,29,31)(H,30,32)/b28-13+. The molecule has 0 saturated heterocycles. The summed E-state index contributed by atoms with van der Waals surface area (Å²) in [4.78, 5) is 36.8. The number of carbonyl (C=O) groups excluding carboxylic acids is 3. The van der Waals surface area contributed by atoms with E-state index < -0.39 is 17.8 Å². The lowest BCUT2D eigenvalue weighted by molar-refractivity contribution is -0.136. The number of nitrogens with one attached hydrogen (secondary N) is 2. The second-order valence-corrected chi connectivity index (χ2v) is 8.57. The lowest BCUT2D eigenvalue weighted by Crippen LogP contribution is -2.32. The first-order valence-corrected chi connectivity index (χ1v) is 11.7. The Morgan fingerprint density at radius 1 is 1.00 bits per heavy atom. The summed E-state index contributed by atoms with van der Waals surface area (Å²) in [7, 11) is 0. The van der Waals surface area contributed by atoms with Gasteiger partial charge in [0.05, 0.1) is 29.1 Å². The zero-order valence-corrected chi connectivity index (χ0v) is 21.3. The molecule has 0 bridgehead atoms. The van der Waals surface area contributed by atoms with Crippen LogP contribution in [0.4, 0.5) is 5.69 Å². The maximum Gasteiger partial charge on any atom is 0.343 e. The molecule has 35 heavy (non-hydrogen) atoms. The number of anilines is 1. The van der Waals surface area contributed by atoms with Crippen LogP contribution in [0.15, 0.2) is 70.2 Å². The Labute approximate surface area is 219 Å². The molecule has 11 heteroatoms. The molecule has 0 aromatic heterocycles. The van der Waals surface area contributed by atoms with Gasteiger partial charge in [-0.25, -0.2) is 10.2 Å². The predicted molar refractivity (Wildman–Crippen MR) is 138 cm³/mol. The van der Waals surface area contributed by atoms with E-state index in [1.54, 1.807) is 48.5 Å². The van der Waals surface area contributed by atoms with Gasteiger partial charge in [0.1, 0.15) is 11.5 Å². The first kappa shape index (κ1) is 26.2. The second kappa shape index (κ2) is 12.3. The van der Waals surface area contributed by atoms with Gasteiger partial charge in [-0.2, -0.15) is 5.10 Å². The molecule has 180 valence electrons. The highest BCUT2D eigenvalue weighted by atomic mass is 79.9. The van der Waals surface area contributed by atoms with Crippen molar-refractivity contribution in [2.75, 3.05) is 11.9 Å². The van der Waals surface area contributed by atoms with E-state index in [9.17, 15) is 14.4 Å². The van der Waals surface area contributed by atoms with Gasteiger partial charge in [-0.15, -0.1) is 0 Å². The number of halogens is 3. The Kier molecular flexibility index (Phi) is 9.25. The Morgan fingerprint density at radius 3 is 2.46 bits per heavy atom. The molecule has 0 unspecified atom stereocenters. The number of hydrogen-bond acceptors (Lipinski definition) is 6. The minimum atomic E-state index is -1.04. The van der Waals surface area contributed by atoms with Crippen LogP contribution in [0, 0.1) is 0 Å². The van der Waals surface area contributed by atoms with Crippen LogP contribution in [0.3, 0.4) is 0 Å². The summed E-state index contributed by atoms with van der Waals surface area (Å²) in [5.74, 6) is -1.80. The Hall–Kier alpha value is -3.40. The van der Waals surface area contributed by atoms with E-state index in [4.69, 9.17) is 32.7 Å². The minimum absolute atomic E-state index is 0.179. The largest absolute Gasteiger partial charge is 0.494 e. The van der Waals surface area contributed by atoms with Gasteiger partial charge in [-0.3, -0.25) is 9.59 Å². The topological polar surface area (TPSA) is 106 Å². The van der Waals surface area contributed by atoms with Crippen molar-refractivity contribution in [3.63, 3.8) is 0 Å². The summed E-state index contributed by atoms with van der Waals surface area (Å²) in [6.45, 7) is 2.38. The summed E-state index contributed by atoms with van der Waals surface area (Å²) in [5.41, 5.74) is 2.98. The lowest BCUT2D eigenvalue weighted by Gasteiger charge is -2.09. The van der Waals surface area contributed by atoms with Crippen molar-refractivity contribution < 1.29 is 23.9 Å². The van der Waals surface area contributed by atoms with Gasteiger partial charge in [0.25, 0.3) is 0 Å². The molecule has 0 aliphatic rings. The normalized spacial score (nSPS) is 10.6. The molecule has 3 aromatic rings. The molecule has 0 spiro atoms. The van der Waals surface area contributed by atoms with E-state index in [0.717, 1.165) is 0 Å². The molecule has 0 fully saturated rings. The van der Waals surface area contributed by atoms with Crippen LogP contribution < -0.4 is 20.2 Å². The second-order valence-electron chi connectivity index (χ2n) is 6.81. The number of hydrogen-bond donors (Lipinski definition) is 2. The predicted octanol–water partition coefficient (Wildman–Crippen LogP) is 5.46. The fourth-order valence-corrected chi connectivity index (χ4v) is 3.43. The average Bonchev–Trinajstić information content (AvgIpc) is 2.83. The van der Waals surface area contributed by atoms with Crippen molar-refractivity contribution in [1.29, 1.82) is 0 Å². The highest BCUT2D eigenvalue weighted by Gasteiger charge is 2.16. The van der Waals surface area contributed by atoms with Gasteiger partial charge >= 0.3 is 17.8 Å². The molecular weight excluding hydrogens is 561 g/mol. The third kappa shape index (κ3) is 7.54. The molecule has 0 radical (unpaired) electrons. The molecule has 2 N–H and O–H groups in total. The first-order valence-electron chi connectivity index (χ1n) is 10.1. The van der Waals surface area contributed by atoms with Crippen molar-refractivity contribution in [1.82, 2.24) is 5.43 Å². The van der Waals surface area contributed by atoms with Crippen molar-refractivity contribution >= 4 is 68.8 Å². The van der Waals surface area contributed by atoms with Gasteiger partial charge < -0.3 is 14.8 Å². The SMILES string of the molecule is CCOc1ccc(C(=O)Oc2ccc(Br)cc2/C=N/NC(=O)C(=O)Nc2cc(Cl)ccc2Cl)cc1. The number of benzene rings is 3. The number of esters is 1. The highest BCUT2D eigenvalue weighted by molar-refractivity contribution is 9.10. The van der Waals surface area contributed by atoms with E-state index in [2.05, 4.69) is 31.8 Å². The third-order valence-electron chi connectivity index (χ3n) is 4.33. The average molecular weight is 579 g/mol. The van der Waals surface area contributed by atoms with E-state index in [1.165, 1.54) is 18.3 Å². The van der Waals surface area contributed by atoms with Gasteiger partial charge in [-0.05, 0) is 67.6 Å². The molecular formula is C24H18BrCl2N3O5. The maximum absolute atomic E-state index is 12.6. The van der Waals surface area contributed by atoms with Crippen molar-refractivity contribution in [2.24, 2.45) is 5.10 Å². The Bertz CT molecular complexity index is 1280. The first-order chi connectivity index (χ1) is 16.8. The number of nitrogens with zero attached hydrogens (tertiary/aromatic N) is 1. The third-order valence-corrected chi connectivity index (χ3v) is 5.39. The number of ether oxygens (including phenoxy) is 2. The number of hydrazone groups is 1. The summed E-state index contributed by atoms with van der Waals surface area (Å²) < 4.78 is 11.5. The van der Waals surface area contributed by atoms with Gasteiger partial charge in [-0.1, -0.05) is 39.1 Å². The van der Waals surface area contributed by atoms with E-state index in [1.807, 2.05) is 6.92 Å². The summed E-state index contributed by atoms with van der Waals surface area (Å²) in [6, 6.07) is 15.8. The Morgan fingerprint density at radius 2 is 1.74 bits per heavy atom. The zero-order chi connectivity index (χ0) is 25.4. The van der Waals surface area contributed by atoms with E-state index in [0.29, 0.717) is 33.0 Å². The zero-order valence-electron chi connectivity index (χ0n) is 18.2. The van der Waals surface area contributed by atoms with E-state index in [-0.39, 0.29) is 16.5 Å². The van der Waals surface area contributed by atoms with Crippen molar-refractivity contribution in [3.05, 3.63) is 86.3 Å². The molecule has 0 atom stereocenters. The molecule has 0 saturated carbocycles.